The molecule has 3 aromatic heterocycles. The number of pyridine rings is 1. The van der Waals surface area contributed by atoms with Crippen LogP contribution in [0.3, 0.4) is 0 Å². The van der Waals surface area contributed by atoms with Crippen molar-refractivity contribution in [1.82, 2.24) is 44.5 Å². The quantitative estimate of drug-likeness (QED) is 0.188. The maximum atomic E-state index is 14.6. The van der Waals surface area contributed by atoms with Gasteiger partial charge >= 0.3 is 5.97 Å². The fourth-order valence-electron chi connectivity index (χ4n) is 9.21. The summed E-state index contributed by atoms with van der Waals surface area (Å²) in [5, 5.41) is 5.88. The molecular formula is C47H59N9O7S. The van der Waals surface area contributed by atoms with Crippen molar-refractivity contribution >= 4 is 52.0 Å². The molecule has 5 atom stereocenters. The summed E-state index contributed by atoms with van der Waals surface area (Å²) in [7, 11) is 5.29. The molecule has 0 aliphatic carbocycles. The molecule has 0 radical (unpaired) electrons. The molecule has 4 aromatic rings. The van der Waals surface area contributed by atoms with Crippen LogP contribution in [0.2, 0.25) is 0 Å². The van der Waals surface area contributed by atoms with Crippen LogP contribution in [0.5, 0.6) is 0 Å². The van der Waals surface area contributed by atoms with Crippen molar-refractivity contribution in [2.24, 2.45) is 24.3 Å². The number of aryl methyl sites for hydroxylation is 1. The molecule has 7 rings (SSSR count). The Bertz CT molecular complexity index is 2500. The highest BCUT2D eigenvalue weighted by molar-refractivity contribution is 7.05. The van der Waals surface area contributed by atoms with Crippen LogP contribution < -0.4 is 10.7 Å². The van der Waals surface area contributed by atoms with E-state index in [1.807, 2.05) is 40.0 Å². The first kappa shape index (κ1) is 46.3. The topological polar surface area (TPSA) is 181 Å². The van der Waals surface area contributed by atoms with Gasteiger partial charge in [-0.1, -0.05) is 33.6 Å². The molecule has 1 aromatic carbocycles. The Kier molecular flexibility index (Phi) is 13.9. The van der Waals surface area contributed by atoms with Crippen LogP contribution in [0.25, 0.3) is 33.5 Å². The van der Waals surface area contributed by atoms with Gasteiger partial charge in [-0.15, -0.1) is 0 Å². The molecule has 3 aliphatic rings. The number of hydrogen-bond acceptors (Lipinski definition) is 12. The Balaban J connectivity index is 1.25. The number of esters is 1. The summed E-state index contributed by atoms with van der Waals surface area (Å²) in [6.07, 6.45) is 3.49. The number of methoxy groups -OCH3 is 1. The third-order valence-corrected chi connectivity index (χ3v) is 13.3. The van der Waals surface area contributed by atoms with E-state index in [1.54, 1.807) is 32.2 Å². The van der Waals surface area contributed by atoms with Crippen LogP contribution in [0.1, 0.15) is 83.2 Å². The van der Waals surface area contributed by atoms with E-state index in [2.05, 4.69) is 59.2 Å². The highest BCUT2D eigenvalue weighted by Crippen LogP contribution is 2.41. The minimum absolute atomic E-state index is 0.00874. The number of cyclic esters (lactones) is 1. The first-order valence-corrected chi connectivity index (χ1v) is 22.7. The van der Waals surface area contributed by atoms with E-state index >= 15 is 0 Å². The fourth-order valence-corrected chi connectivity index (χ4v) is 9.91. The van der Waals surface area contributed by atoms with Crippen molar-refractivity contribution in [3.63, 3.8) is 0 Å². The molecule has 0 unspecified atom stereocenters. The number of ether oxygens (including phenoxy) is 2. The third kappa shape index (κ3) is 9.55. The van der Waals surface area contributed by atoms with Crippen LogP contribution in [0.15, 0.2) is 36.5 Å². The van der Waals surface area contributed by atoms with Crippen molar-refractivity contribution in [2.75, 3.05) is 40.4 Å². The number of nitrogens with zero attached hydrogens (tertiary/aromatic N) is 7. The predicted molar refractivity (Wildman–Crippen MR) is 242 cm³/mol. The highest BCUT2D eigenvalue weighted by Gasteiger charge is 2.40. The molecule has 6 bridgehead atoms. The SMILES string of the molecule is CC#CC(=O)N1CC[C@H](C(=O)N(C)[C@H](C(=O)N[C@H]2Cc3nc(ns3)-c3ccc4c(c3)c(c(-c3cccnc3[C@H](C)OC)n4C)CC(C)(C)COC(=O)[C@@H]3CCCN(N3)C2=O)C(C)C)C1. The number of hydrazine groups is 1. The maximum Gasteiger partial charge on any atom is 0.324 e. The van der Waals surface area contributed by atoms with E-state index in [4.69, 9.17) is 23.8 Å². The van der Waals surface area contributed by atoms with E-state index in [-0.39, 0.29) is 43.4 Å². The number of aromatic nitrogens is 4. The molecule has 64 heavy (non-hydrogen) atoms. The number of carbonyl (C=O) groups excluding carboxylic acids is 5. The zero-order valence-corrected chi connectivity index (χ0v) is 39.0. The van der Waals surface area contributed by atoms with Gasteiger partial charge in [-0.2, -0.15) is 4.37 Å². The number of carbonyl (C=O) groups is 5. The standard InChI is InChI=1S/C47H59N9O7S/c1-10-13-38(57)55-21-18-30(25-55)44(59)54(8)40(27(2)3)43(58)49-35-23-37-50-42(52-64-37)29-16-17-36-32(22-29)33(41(53(36)7)31-14-11-19-48-39(31)28(4)62-9)24-47(5,6)26-63-46(61)34-15-12-20-56(51-34)45(35)60/h11,14,16-17,19,22,27-28,30,34-35,40,51H,12,15,18,20-21,23-26H2,1-9H3,(H,49,58)/t28-,30-,34-,35-,40-/m0/s1. The minimum Gasteiger partial charge on any atom is -0.464 e. The molecule has 6 heterocycles. The van der Waals surface area contributed by atoms with E-state index < -0.39 is 47.2 Å². The molecule has 17 heteroatoms. The van der Waals surface area contributed by atoms with E-state index in [9.17, 15) is 24.0 Å². The van der Waals surface area contributed by atoms with Crippen molar-refractivity contribution in [3.8, 4) is 34.5 Å². The monoisotopic (exact) mass is 893 g/mol. The number of amides is 4. The van der Waals surface area contributed by atoms with Gasteiger partial charge in [0.25, 0.3) is 11.8 Å². The van der Waals surface area contributed by atoms with Gasteiger partial charge in [-0.05, 0) is 98.8 Å². The van der Waals surface area contributed by atoms with Crippen LogP contribution >= 0.6 is 11.5 Å². The van der Waals surface area contributed by atoms with Gasteiger partial charge in [-0.3, -0.25) is 34.0 Å². The number of fused-ring (bicyclic) bond motifs is 6. The molecule has 0 spiro atoms. The third-order valence-electron chi connectivity index (χ3n) is 12.6. The molecule has 3 aliphatic heterocycles. The zero-order valence-electron chi connectivity index (χ0n) is 38.2. The molecule has 2 fully saturated rings. The first-order valence-electron chi connectivity index (χ1n) is 22.0. The number of likely N-dealkylation sites (tertiary alicyclic amines) is 1. The fraction of sp³-hybridized carbons (Fsp3) is 0.532. The summed E-state index contributed by atoms with van der Waals surface area (Å²) in [5.74, 6) is 2.77. The summed E-state index contributed by atoms with van der Waals surface area (Å²) in [6.45, 7) is 12.4. The average molecular weight is 894 g/mol. The maximum absolute atomic E-state index is 14.6. The lowest BCUT2D eigenvalue weighted by atomic mass is 9.84. The van der Waals surface area contributed by atoms with E-state index in [0.717, 1.165) is 50.5 Å². The summed E-state index contributed by atoms with van der Waals surface area (Å²) in [6, 6.07) is 7.24. The largest absolute Gasteiger partial charge is 0.464 e. The van der Waals surface area contributed by atoms with E-state index in [1.165, 1.54) is 9.91 Å². The first-order chi connectivity index (χ1) is 30.5. The van der Waals surface area contributed by atoms with Crippen LogP contribution in [-0.4, -0.2) is 122 Å². The number of hydrogen-bond donors (Lipinski definition) is 2. The second kappa shape index (κ2) is 19.2. The molecule has 0 saturated carbocycles. The van der Waals surface area contributed by atoms with Crippen LogP contribution in [0, 0.1) is 29.1 Å². The minimum atomic E-state index is -1.13. The number of likely N-dealkylation sites (N-methyl/N-ethyl adjacent to an activating group) is 1. The van der Waals surface area contributed by atoms with Crippen molar-refractivity contribution in [3.05, 3.63) is 52.8 Å². The highest BCUT2D eigenvalue weighted by atomic mass is 32.1. The molecule has 16 nitrogen and oxygen atoms in total. The number of benzene rings is 1. The second-order valence-electron chi connectivity index (χ2n) is 18.2. The second-order valence-corrected chi connectivity index (χ2v) is 19.1. The van der Waals surface area contributed by atoms with Gasteiger partial charge in [0.05, 0.1) is 30.0 Å². The summed E-state index contributed by atoms with van der Waals surface area (Å²) >= 11 is 1.15. The number of nitrogens with one attached hydrogen (secondary N) is 2. The lowest BCUT2D eigenvalue weighted by Crippen LogP contribution is -2.62. The summed E-state index contributed by atoms with van der Waals surface area (Å²) in [5.41, 5.74) is 8.13. The van der Waals surface area contributed by atoms with E-state index in [0.29, 0.717) is 49.6 Å². The predicted octanol–water partition coefficient (Wildman–Crippen LogP) is 4.47. The Morgan fingerprint density at radius 1 is 1.12 bits per heavy atom. The molecule has 2 saturated heterocycles. The smallest absolute Gasteiger partial charge is 0.324 e. The Labute approximate surface area is 378 Å². The van der Waals surface area contributed by atoms with Gasteiger partial charge in [0.15, 0.2) is 5.82 Å². The van der Waals surface area contributed by atoms with Crippen molar-refractivity contribution in [2.45, 2.75) is 97.9 Å². The van der Waals surface area contributed by atoms with Gasteiger partial charge in [0, 0.05) is 80.9 Å². The lowest BCUT2D eigenvalue weighted by Gasteiger charge is -2.36. The Morgan fingerprint density at radius 3 is 2.64 bits per heavy atom. The summed E-state index contributed by atoms with van der Waals surface area (Å²) < 4.78 is 18.8. The summed E-state index contributed by atoms with van der Waals surface area (Å²) in [4.78, 5) is 81.8. The van der Waals surface area contributed by atoms with Crippen molar-refractivity contribution < 1.29 is 33.4 Å². The van der Waals surface area contributed by atoms with Crippen LogP contribution in [-0.2, 0) is 53.3 Å². The Hall–Kier alpha value is -5.70. The normalized spacial score (nSPS) is 21.1. The molecular weight excluding hydrogens is 835 g/mol. The van der Waals surface area contributed by atoms with Crippen molar-refractivity contribution in [1.29, 1.82) is 0 Å². The van der Waals surface area contributed by atoms with Gasteiger partial charge in [-0.25, -0.2) is 10.4 Å². The average Bonchev–Trinajstić information content (AvgIpc) is 4.03. The lowest BCUT2D eigenvalue weighted by molar-refractivity contribution is -0.155. The Morgan fingerprint density at radius 2 is 1.91 bits per heavy atom. The molecule has 4 amide bonds. The van der Waals surface area contributed by atoms with Gasteiger partial charge in [0.2, 0.25) is 11.8 Å². The molecule has 2 N–H and O–H groups in total. The zero-order chi connectivity index (χ0) is 46.0. The van der Waals surface area contributed by atoms with Crippen LogP contribution in [0.4, 0.5) is 0 Å². The van der Waals surface area contributed by atoms with Gasteiger partial charge < -0.3 is 29.2 Å². The molecule has 340 valence electrons. The number of rotatable bonds is 8. The van der Waals surface area contributed by atoms with Gasteiger partial charge in [0.1, 0.15) is 23.1 Å².